The number of nitrogens with one attached hydrogen (secondary N) is 1. The van der Waals surface area contributed by atoms with Gasteiger partial charge in [-0.15, -0.1) is 11.3 Å². The van der Waals surface area contributed by atoms with E-state index in [0.717, 1.165) is 41.2 Å². The summed E-state index contributed by atoms with van der Waals surface area (Å²) < 4.78 is 1.15. The molecule has 0 aliphatic carbocycles. The van der Waals surface area contributed by atoms with E-state index in [2.05, 4.69) is 66.6 Å². The van der Waals surface area contributed by atoms with Crippen molar-refractivity contribution >= 4 is 38.2 Å². The van der Waals surface area contributed by atoms with Crippen LogP contribution in [0.3, 0.4) is 0 Å². The van der Waals surface area contributed by atoms with Crippen LogP contribution >= 0.6 is 27.3 Å². The Labute approximate surface area is 164 Å². The molecule has 3 aromatic heterocycles. The molecule has 4 heterocycles. The third-order valence-corrected chi connectivity index (χ3v) is 6.41. The second-order valence-corrected chi connectivity index (χ2v) is 8.38. The lowest BCUT2D eigenvalue weighted by Gasteiger charge is -2.27. The molecule has 1 aliphatic heterocycles. The largest absolute Gasteiger partial charge is 0.361 e. The highest BCUT2D eigenvalue weighted by Crippen LogP contribution is 2.29. The zero-order valence-electron chi connectivity index (χ0n) is 14.1. The van der Waals surface area contributed by atoms with E-state index in [4.69, 9.17) is 4.98 Å². The van der Waals surface area contributed by atoms with Gasteiger partial charge in [-0.25, -0.2) is 9.97 Å². The van der Waals surface area contributed by atoms with Crippen molar-refractivity contribution in [3.05, 3.63) is 69.4 Å². The van der Waals surface area contributed by atoms with Gasteiger partial charge in [-0.1, -0.05) is 28.1 Å². The van der Waals surface area contributed by atoms with Crippen LogP contribution in [0.15, 0.2) is 52.6 Å². The van der Waals surface area contributed by atoms with Crippen LogP contribution in [-0.4, -0.2) is 26.4 Å². The number of fused-ring (bicyclic) bond motifs is 2. The van der Waals surface area contributed by atoms with E-state index in [-0.39, 0.29) is 0 Å². The van der Waals surface area contributed by atoms with Gasteiger partial charge in [0, 0.05) is 59.4 Å². The number of H-pyrrole nitrogens is 1. The Morgan fingerprint density at radius 1 is 1.23 bits per heavy atom. The number of thiophene rings is 1. The lowest BCUT2D eigenvalue weighted by atomic mass is 10.1. The average molecular weight is 425 g/mol. The van der Waals surface area contributed by atoms with E-state index in [1.165, 1.54) is 27.7 Å². The van der Waals surface area contributed by atoms with Gasteiger partial charge < -0.3 is 4.98 Å². The van der Waals surface area contributed by atoms with Crippen molar-refractivity contribution in [1.29, 1.82) is 0 Å². The molecule has 0 saturated carbocycles. The quantitative estimate of drug-likeness (QED) is 0.502. The summed E-state index contributed by atoms with van der Waals surface area (Å²) in [6, 6.07) is 10.4. The van der Waals surface area contributed by atoms with Gasteiger partial charge in [-0.3, -0.25) is 4.90 Å². The standard InChI is InChI=1S/C20H17BrN4S/c21-15-3-1-4-17-19(15)14(10-22-17)12-25-7-6-16-13(11-25)9-23-20(24-16)18-5-2-8-26-18/h1-5,8-10,22H,6-7,11-12H2. The molecule has 0 fully saturated rings. The molecule has 6 heteroatoms. The first kappa shape index (κ1) is 16.2. The molecule has 26 heavy (non-hydrogen) atoms. The molecule has 4 nitrogen and oxygen atoms in total. The highest BCUT2D eigenvalue weighted by Gasteiger charge is 2.20. The SMILES string of the molecule is Brc1cccc2[nH]cc(CN3CCc4nc(-c5cccs5)ncc4C3)c12. The van der Waals surface area contributed by atoms with Crippen LogP contribution in [0.2, 0.25) is 0 Å². The number of nitrogens with zero attached hydrogens (tertiary/aromatic N) is 3. The predicted molar refractivity (Wildman–Crippen MR) is 109 cm³/mol. The molecule has 1 N–H and O–H groups in total. The molecular formula is C20H17BrN4S. The van der Waals surface area contributed by atoms with Crippen molar-refractivity contribution in [3.63, 3.8) is 0 Å². The minimum atomic E-state index is 0.854. The van der Waals surface area contributed by atoms with Gasteiger partial charge in [-0.05, 0) is 29.1 Å². The highest BCUT2D eigenvalue weighted by atomic mass is 79.9. The number of aromatic nitrogens is 3. The van der Waals surface area contributed by atoms with Gasteiger partial charge in [0.05, 0.1) is 10.6 Å². The van der Waals surface area contributed by atoms with E-state index in [9.17, 15) is 0 Å². The molecule has 0 bridgehead atoms. The van der Waals surface area contributed by atoms with Crippen LogP contribution in [-0.2, 0) is 19.5 Å². The first-order valence-electron chi connectivity index (χ1n) is 8.63. The molecular weight excluding hydrogens is 408 g/mol. The zero-order chi connectivity index (χ0) is 17.5. The molecule has 0 amide bonds. The van der Waals surface area contributed by atoms with E-state index in [0.29, 0.717) is 0 Å². The van der Waals surface area contributed by atoms with E-state index < -0.39 is 0 Å². The summed E-state index contributed by atoms with van der Waals surface area (Å²) in [5.41, 5.74) is 4.94. The lowest BCUT2D eigenvalue weighted by Crippen LogP contribution is -2.30. The van der Waals surface area contributed by atoms with Gasteiger partial charge in [0.2, 0.25) is 0 Å². The van der Waals surface area contributed by atoms with Gasteiger partial charge in [-0.2, -0.15) is 0 Å². The summed E-state index contributed by atoms with van der Waals surface area (Å²) in [5.74, 6) is 0.854. The number of rotatable bonds is 3. The Balaban J connectivity index is 1.39. The summed E-state index contributed by atoms with van der Waals surface area (Å²) in [6.45, 7) is 2.84. The van der Waals surface area contributed by atoms with Crippen LogP contribution in [0.1, 0.15) is 16.8 Å². The molecule has 0 saturated heterocycles. The molecule has 5 rings (SSSR count). The Bertz CT molecular complexity index is 1070. The summed E-state index contributed by atoms with van der Waals surface area (Å²) in [7, 11) is 0. The van der Waals surface area contributed by atoms with Crippen LogP contribution in [0, 0.1) is 0 Å². The Kier molecular flexibility index (Phi) is 4.11. The average Bonchev–Trinajstić information content (AvgIpc) is 3.32. The first-order valence-corrected chi connectivity index (χ1v) is 10.3. The molecule has 0 radical (unpaired) electrons. The van der Waals surface area contributed by atoms with Crippen molar-refractivity contribution in [3.8, 4) is 10.7 Å². The number of halogens is 1. The summed E-state index contributed by atoms with van der Waals surface area (Å²) in [5, 5.41) is 3.35. The molecule has 0 unspecified atom stereocenters. The number of hydrogen-bond acceptors (Lipinski definition) is 4. The van der Waals surface area contributed by atoms with E-state index in [1.54, 1.807) is 11.3 Å². The highest BCUT2D eigenvalue weighted by molar-refractivity contribution is 9.10. The summed E-state index contributed by atoms with van der Waals surface area (Å²) in [6.07, 6.45) is 5.11. The molecule has 0 atom stereocenters. The van der Waals surface area contributed by atoms with Crippen molar-refractivity contribution in [1.82, 2.24) is 19.9 Å². The van der Waals surface area contributed by atoms with Crippen molar-refractivity contribution in [2.75, 3.05) is 6.54 Å². The number of aromatic amines is 1. The smallest absolute Gasteiger partial charge is 0.169 e. The Hall–Kier alpha value is -2.02. The Morgan fingerprint density at radius 2 is 2.19 bits per heavy atom. The van der Waals surface area contributed by atoms with Gasteiger partial charge in [0.1, 0.15) is 0 Å². The van der Waals surface area contributed by atoms with Crippen molar-refractivity contribution < 1.29 is 0 Å². The van der Waals surface area contributed by atoms with Gasteiger partial charge in [0.15, 0.2) is 5.82 Å². The van der Waals surface area contributed by atoms with Crippen molar-refractivity contribution in [2.24, 2.45) is 0 Å². The minimum Gasteiger partial charge on any atom is -0.361 e. The molecule has 1 aliphatic rings. The molecule has 130 valence electrons. The number of hydrogen-bond donors (Lipinski definition) is 1. The van der Waals surface area contributed by atoms with E-state index >= 15 is 0 Å². The zero-order valence-corrected chi connectivity index (χ0v) is 16.5. The van der Waals surface area contributed by atoms with Crippen LogP contribution < -0.4 is 0 Å². The second-order valence-electron chi connectivity index (χ2n) is 6.58. The third kappa shape index (κ3) is 2.88. The number of benzene rings is 1. The fraction of sp³-hybridized carbons (Fsp3) is 0.200. The fourth-order valence-electron chi connectivity index (χ4n) is 3.61. The molecule has 0 spiro atoms. The van der Waals surface area contributed by atoms with Crippen LogP contribution in [0.4, 0.5) is 0 Å². The van der Waals surface area contributed by atoms with Gasteiger partial charge in [0.25, 0.3) is 0 Å². The van der Waals surface area contributed by atoms with Crippen LogP contribution in [0.25, 0.3) is 21.6 Å². The summed E-state index contributed by atoms with van der Waals surface area (Å²) >= 11 is 5.38. The minimum absolute atomic E-state index is 0.854. The topological polar surface area (TPSA) is 44.8 Å². The Morgan fingerprint density at radius 3 is 3.08 bits per heavy atom. The third-order valence-electron chi connectivity index (χ3n) is 4.89. The molecule has 1 aromatic carbocycles. The molecule has 4 aromatic rings. The van der Waals surface area contributed by atoms with E-state index in [1.807, 2.05) is 12.3 Å². The maximum absolute atomic E-state index is 4.81. The maximum Gasteiger partial charge on any atom is 0.169 e. The normalized spacial score (nSPS) is 14.7. The fourth-order valence-corrected chi connectivity index (χ4v) is 4.89. The predicted octanol–water partition coefficient (Wildman–Crippen LogP) is 5.01. The monoisotopic (exact) mass is 424 g/mol. The lowest BCUT2D eigenvalue weighted by molar-refractivity contribution is 0.244. The van der Waals surface area contributed by atoms with Gasteiger partial charge >= 0.3 is 0 Å². The maximum atomic E-state index is 4.81. The summed E-state index contributed by atoms with van der Waals surface area (Å²) in [4.78, 5) is 16.4. The second kappa shape index (κ2) is 6.61. The first-order chi connectivity index (χ1) is 12.8. The van der Waals surface area contributed by atoms with Crippen molar-refractivity contribution in [2.45, 2.75) is 19.5 Å². The van der Waals surface area contributed by atoms with Crippen LogP contribution in [0.5, 0.6) is 0 Å².